The van der Waals surface area contributed by atoms with Gasteiger partial charge in [-0.25, -0.2) is 0 Å². The lowest BCUT2D eigenvalue weighted by molar-refractivity contribution is -0.152. The number of H-pyrrole nitrogens is 1. The molecule has 2 atom stereocenters. The molecule has 0 aliphatic carbocycles. The number of benzene rings is 1. The van der Waals surface area contributed by atoms with Gasteiger partial charge in [-0.2, -0.15) is 0 Å². The van der Waals surface area contributed by atoms with Gasteiger partial charge in [0.25, 0.3) is 0 Å². The van der Waals surface area contributed by atoms with E-state index in [0.29, 0.717) is 0 Å². The Morgan fingerprint density at radius 1 is 1.43 bits per heavy atom. The van der Waals surface area contributed by atoms with Crippen LogP contribution in [0.2, 0.25) is 0 Å². The minimum absolute atomic E-state index is 0.370. The van der Waals surface area contributed by atoms with Crippen LogP contribution in [0.25, 0.3) is 10.9 Å². The van der Waals surface area contributed by atoms with Crippen molar-refractivity contribution in [3.05, 3.63) is 29.5 Å². The normalized spacial score (nSPS) is 27.5. The summed E-state index contributed by atoms with van der Waals surface area (Å²) in [6.45, 7) is 3.98. The molecule has 5 nitrogen and oxygen atoms in total. The van der Waals surface area contributed by atoms with E-state index in [4.69, 9.17) is 4.74 Å². The highest BCUT2D eigenvalue weighted by Crippen LogP contribution is 2.47. The summed E-state index contributed by atoms with van der Waals surface area (Å²) in [5, 5.41) is 10.9. The van der Waals surface area contributed by atoms with Gasteiger partial charge < -0.3 is 14.8 Å². The van der Waals surface area contributed by atoms with Gasteiger partial charge in [0, 0.05) is 23.1 Å². The molecule has 0 saturated carbocycles. The molecule has 2 aromatic rings. The second-order valence-corrected chi connectivity index (χ2v) is 6.81. The van der Waals surface area contributed by atoms with Crippen molar-refractivity contribution in [2.45, 2.75) is 31.7 Å². The Morgan fingerprint density at radius 3 is 3.00 bits per heavy atom. The molecule has 0 radical (unpaired) electrons. The van der Waals surface area contributed by atoms with E-state index < -0.39 is 11.5 Å². The Hall–Kier alpha value is -2.01. The summed E-state index contributed by atoms with van der Waals surface area (Å²) in [5.41, 5.74) is 2.95. The van der Waals surface area contributed by atoms with Crippen molar-refractivity contribution < 1.29 is 14.6 Å². The van der Waals surface area contributed by atoms with Gasteiger partial charge in [0.15, 0.2) is 0 Å². The zero-order chi connectivity index (χ0) is 16.2. The number of aliphatic carboxylic acids is 1. The van der Waals surface area contributed by atoms with E-state index in [1.165, 1.54) is 5.56 Å². The summed E-state index contributed by atoms with van der Waals surface area (Å²) < 4.78 is 5.36. The number of nitrogens with zero attached hydrogens (tertiary/aromatic N) is 1. The fourth-order valence-corrected chi connectivity index (χ4v) is 4.55. The van der Waals surface area contributed by atoms with Gasteiger partial charge in [0.05, 0.1) is 18.6 Å². The van der Waals surface area contributed by atoms with E-state index in [0.717, 1.165) is 54.7 Å². The van der Waals surface area contributed by atoms with Gasteiger partial charge in [-0.3, -0.25) is 9.69 Å². The molecule has 0 spiro atoms. The van der Waals surface area contributed by atoms with E-state index in [1.54, 1.807) is 7.11 Å². The molecule has 2 N–H and O–H groups in total. The highest BCUT2D eigenvalue weighted by molar-refractivity contribution is 5.87. The Morgan fingerprint density at radius 2 is 2.26 bits per heavy atom. The summed E-state index contributed by atoms with van der Waals surface area (Å²) in [6.07, 6.45) is 2.64. The number of ether oxygens (including phenoxy) is 1. The predicted molar refractivity (Wildman–Crippen MR) is 87.8 cm³/mol. The summed E-state index contributed by atoms with van der Waals surface area (Å²) in [6, 6.07) is 6.03. The third kappa shape index (κ3) is 1.92. The fourth-order valence-electron chi connectivity index (χ4n) is 4.55. The number of hydrogen-bond acceptors (Lipinski definition) is 3. The number of nitrogens with one attached hydrogen (secondary N) is 1. The molecule has 3 heterocycles. The Bertz CT molecular complexity index is 782. The lowest BCUT2D eigenvalue weighted by Crippen LogP contribution is -2.58. The first kappa shape index (κ1) is 14.6. The number of aromatic nitrogens is 1. The zero-order valence-electron chi connectivity index (χ0n) is 13.6. The Balaban J connectivity index is 1.94. The van der Waals surface area contributed by atoms with Crippen molar-refractivity contribution in [1.29, 1.82) is 0 Å². The minimum Gasteiger partial charge on any atom is -0.497 e. The fraction of sp³-hybridized carbons (Fsp3) is 0.500. The van der Waals surface area contributed by atoms with Crippen LogP contribution in [0.15, 0.2) is 18.2 Å². The lowest BCUT2D eigenvalue weighted by atomic mass is 9.72. The largest absolute Gasteiger partial charge is 0.497 e. The van der Waals surface area contributed by atoms with E-state index in [1.807, 2.05) is 12.1 Å². The van der Waals surface area contributed by atoms with E-state index in [9.17, 15) is 9.90 Å². The van der Waals surface area contributed by atoms with Crippen LogP contribution < -0.4 is 4.74 Å². The van der Waals surface area contributed by atoms with Crippen LogP contribution in [0.3, 0.4) is 0 Å². The summed E-state index contributed by atoms with van der Waals surface area (Å²) >= 11 is 0. The van der Waals surface area contributed by atoms with Crippen LogP contribution in [-0.4, -0.2) is 41.2 Å². The first-order chi connectivity index (χ1) is 11.1. The molecule has 1 fully saturated rings. The van der Waals surface area contributed by atoms with Crippen molar-refractivity contribution in [3.63, 3.8) is 0 Å². The molecule has 1 saturated heterocycles. The molecule has 5 heteroatoms. The number of methoxy groups -OCH3 is 1. The van der Waals surface area contributed by atoms with Gasteiger partial charge in [-0.1, -0.05) is 0 Å². The molecule has 2 unspecified atom stereocenters. The molecular weight excluding hydrogens is 292 g/mol. The number of carboxylic acids is 1. The number of fused-ring (bicyclic) bond motifs is 5. The van der Waals surface area contributed by atoms with Gasteiger partial charge in [0.1, 0.15) is 5.75 Å². The minimum atomic E-state index is -0.693. The zero-order valence-corrected chi connectivity index (χ0v) is 13.6. The smallest absolute Gasteiger partial charge is 0.308 e. The summed E-state index contributed by atoms with van der Waals surface area (Å²) in [7, 11) is 1.67. The van der Waals surface area contributed by atoms with Crippen molar-refractivity contribution in [2.24, 2.45) is 5.92 Å². The van der Waals surface area contributed by atoms with Crippen molar-refractivity contribution >= 4 is 16.9 Å². The van der Waals surface area contributed by atoms with Gasteiger partial charge >= 0.3 is 5.97 Å². The van der Waals surface area contributed by atoms with E-state index in [-0.39, 0.29) is 5.92 Å². The maximum Gasteiger partial charge on any atom is 0.308 e. The second-order valence-electron chi connectivity index (χ2n) is 6.81. The first-order valence-corrected chi connectivity index (χ1v) is 8.22. The van der Waals surface area contributed by atoms with Crippen LogP contribution in [0.5, 0.6) is 5.75 Å². The molecule has 4 rings (SSSR count). The molecule has 1 aromatic heterocycles. The molecule has 1 aromatic carbocycles. The molecule has 23 heavy (non-hydrogen) atoms. The van der Waals surface area contributed by atoms with Crippen LogP contribution in [0.4, 0.5) is 0 Å². The highest BCUT2D eigenvalue weighted by Gasteiger charge is 2.51. The SMILES string of the molecule is COc1ccc2[nH]c3c(c2c1)CCN1CCCC(C(=O)O)C31C. The maximum absolute atomic E-state index is 11.9. The third-order valence-electron chi connectivity index (χ3n) is 5.81. The van der Waals surface area contributed by atoms with Crippen LogP contribution in [-0.2, 0) is 16.8 Å². The number of aromatic amines is 1. The molecule has 0 amide bonds. The quantitative estimate of drug-likeness (QED) is 0.894. The Kier molecular flexibility index (Phi) is 3.17. The van der Waals surface area contributed by atoms with Gasteiger partial charge in [0.2, 0.25) is 0 Å². The molecule has 2 aliphatic rings. The Labute approximate surface area is 135 Å². The van der Waals surface area contributed by atoms with Crippen molar-refractivity contribution in [3.8, 4) is 5.75 Å². The van der Waals surface area contributed by atoms with Crippen molar-refractivity contribution in [2.75, 3.05) is 20.2 Å². The summed E-state index contributed by atoms with van der Waals surface area (Å²) in [4.78, 5) is 17.8. The van der Waals surface area contributed by atoms with Crippen LogP contribution in [0, 0.1) is 5.92 Å². The first-order valence-electron chi connectivity index (χ1n) is 8.22. The number of hydrogen-bond donors (Lipinski definition) is 2. The van der Waals surface area contributed by atoms with E-state index in [2.05, 4.69) is 22.9 Å². The summed E-state index contributed by atoms with van der Waals surface area (Å²) in [5.74, 6) is -0.225. The number of piperidine rings is 1. The van der Waals surface area contributed by atoms with Crippen LogP contribution >= 0.6 is 0 Å². The lowest BCUT2D eigenvalue weighted by Gasteiger charge is -2.51. The van der Waals surface area contributed by atoms with Gasteiger partial charge in [-0.15, -0.1) is 0 Å². The topological polar surface area (TPSA) is 65.6 Å². The number of carbonyl (C=O) groups is 1. The number of carboxylic acid groups (broad SMARTS) is 1. The van der Waals surface area contributed by atoms with Crippen molar-refractivity contribution in [1.82, 2.24) is 9.88 Å². The monoisotopic (exact) mass is 314 g/mol. The molecule has 0 bridgehead atoms. The van der Waals surface area contributed by atoms with Gasteiger partial charge in [-0.05, 0) is 56.5 Å². The van der Waals surface area contributed by atoms with E-state index >= 15 is 0 Å². The second kappa shape index (κ2) is 4.99. The molecule has 122 valence electrons. The molecule has 2 aliphatic heterocycles. The molecular formula is C18H22N2O3. The average molecular weight is 314 g/mol. The average Bonchev–Trinajstić information content (AvgIpc) is 2.92. The van der Waals surface area contributed by atoms with Crippen LogP contribution in [0.1, 0.15) is 31.0 Å². The maximum atomic E-state index is 11.9. The predicted octanol–water partition coefficient (Wildman–Crippen LogP) is 2.74. The standard InChI is InChI=1S/C18H22N2O3/c1-18-14(17(21)22)4-3-8-20(18)9-7-12-13-10-11(23-2)5-6-15(13)19-16(12)18/h5-6,10,14,19H,3-4,7-9H2,1-2H3,(H,21,22). The highest BCUT2D eigenvalue weighted by atomic mass is 16.5. The third-order valence-corrected chi connectivity index (χ3v) is 5.81. The number of rotatable bonds is 2.